The number of ether oxygens (including phenoxy) is 1. The van der Waals surface area contributed by atoms with Crippen molar-refractivity contribution < 1.29 is 9.53 Å². The molecule has 5 nitrogen and oxygen atoms in total. The van der Waals surface area contributed by atoms with E-state index >= 15 is 0 Å². The molecular weight excluding hydrogens is 288 g/mol. The number of halogens is 3. The molecule has 0 aromatic carbocycles. The van der Waals surface area contributed by atoms with Crippen molar-refractivity contribution in [1.29, 1.82) is 0 Å². The van der Waals surface area contributed by atoms with Gasteiger partial charge in [-0.1, -0.05) is 11.6 Å². The van der Waals surface area contributed by atoms with Crippen LogP contribution in [0.3, 0.4) is 0 Å². The lowest BCUT2D eigenvalue weighted by Crippen LogP contribution is -2.33. The fourth-order valence-electron chi connectivity index (χ4n) is 0.888. The quantitative estimate of drug-likeness (QED) is 0.797. The van der Waals surface area contributed by atoms with Crippen LogP contribution in [0.5, 0.6) is 5.88 Å². The number of hydrogen-bond acceptors (Lipinski definition) is 4. The number of nitrogens with zero attached hydrogens (tertiary/aromatic N) is 1. The van der Waals surface area contributed by atoms with E-state index in [1.807, 2.05) is 0 Å². The first-order chi connectivity index (χ1) is 7.24. The Morgan fingerprint density at radius 3 is 2.82 bits per heavy atom. The van der Waals surface area contributed by atoms with Crippen LogP contribution in [-0.2, 0) is 4.79 Å². The Bertz CT molecular complexity index is 339. The van der Waals surface area contributed by atoms with E-state index in [2.05, 4.69) is 10.3 Å². The lowest BCUT2D eigenvalue weighted by Gasteiger charge is -2.06. The van der Waals surface area contributed by atoms with Gasteiger partial charge in [-0.2, -0.15) is 0 Å². The van der Waals surface area contributed by atoms with Gasteiger partial charge >= 0.3 is 0 Å². The van der Waals surface area contributed by atoms with Crippen molar-refractivity contribution in [3.63, 3.8) is 0 Å². The summed E-state index contributed by atoms with van der Waals surface area (Å²) >= 11 is 5.80. The van der Waals surface area contributed by atoms with Crippen molar-refractivity contribution in [1.82, 2.24) is 10.3 Å². The number of nitrogens with one attached hydrogen (secondary N) is 1. The average Bonchev–Trinajstić information content (AvgIpc) is 2.26. The molecule has 0 unspecified atom stereocenters. The van der Waals surface area contributed by atoms with Crippen molar-refractivity contribution in [3.8, 4) is 5.88 Å². The minimum atomic E-state index is -0.217. The largest absolute Gasteiger partial charge is 0.475 e. The molecule has 3 N–H and O–H groups in total. The normalized spacial score (nSPS) is 8.59. The number of nitrogens with two attached hydrogens (primary N) is 1. The number of aromatic nitrogens is 1. The molecule has 0 spiro atoms. The Hall–Kier alpha value is -0.750. The molecule has 0 radical (unpaired) electrons. The second-order valence-electron chi connectivity index (χ2n) is 2.69. The van der Waals surface area contributed by atoms with Crippen molar-refractivity contribution in [2.24, 2.45) is 5.73 Å². The van der Waals surface area contributed by atoms with E-state index in [9.17, 15) is 4.79 Å². The smallest absolute Gasteiger partial charge is 0.233 e. The zero-order valence-electron chi connectivity index (χ0n) is 8.89. The molecule has 0 aliphatic heterocycles. The number of rotatable bonds is 5. The SMILES string of the molecule is Cl.Cl.NCC(=O)NCCOc1ncccc1Cl. The molecule has 0 fully saturated rings. The summed E-state index contributed by atoms with van der Waals surface area (Å²) in [5.41, 5.74) is 5.10. The maximum Gasteiger partial charge on any atom is 0.233 e. The first kappa shape index (κ1) is 18.6. The summed E-state index contributed by atoms with van der Waals surface area (Å²) in [5, 5.41) is 3.01. The van der Waals surface area contributed by atoms with Crippen LogP contribution in [0, 0.1) is 0 Å². The summed E-state index contributed by atoms with van der Waals surface area (Å²) in [5.74, 6) is 0.145. The molecule has 98 valence electrons. The minimum Gasteiger partial charge on any atom is -0.475 e. The maximum atomic E-state index is 10.8. The zero-order chi connectivity index (χ0) is 11.1. The number of carbonyl (C=O) groups is 1. The van der Waals surface area contributed by atoms with Crippen LogP contribution < -0.4 is 15.8 Å². The third-order valence-corrected chi connectivity index (χ3v) is 1.86. The molecule has 17 heavy (non-hydrogen) atoms. The van der Waals surface area contributed by atoms with Crippen LogP contribution >= 0.6 is 36.4 Å². The standard InChI is InChI=1S/C9H12ClN3O2.2ClH/c10-7-2-1-3-13-9(7)15-5-4-12-8(14)6-11;;/h1-3H,4-6,11H2,(H,12,14);2*1H. The summed E-state index contributed by atoms with van der Waals surface area (Å²) in [4.78, 5) is 14.7. The molecule has 1 aromatic heterocycles. The summed E-state index contributed by atoms with van der Waals surface area (Å²) in [6.07, 6.45) is 1.58. The van der Waals surface area contributed by atoms with Gasteiger partial charge in [-0.15, -0.1) is 24.8 Å². The predicted molar refractivity (Wildman–Crippen MR) is 71.3 cm³/mol. The van der Waals surface area contributed by atoms with E-state index in [1.165, 1.54) is 0 Å². The van der Waals surface area contributed by atoms with E-state index in [4.69, 9.17) is 22.1 Å². The van der Waals surface area contributed by atoms with Gasteiger partial charge in [0.2, 0.25) is 11.8 Å². The molecular formula is C9H14Cl3N3O2. The molecule has 1 rings (SSSR count). The van der Waals surface area contributed by atoms with Gasteiger partial charge in [0.05, 0.1) is 13.1 Å². The van der Waals surface area contributed by atoms with Crippen molar-refractivity contribution in [2.45, 2.75) is 0 Å². The van der Waals surface area contributed by atoms with Crippen molar-refractivity contribution >= 4 is 42.3 Å². The molecule has 1 heterocycles. The van der Waals surface area contributed by atoms with Gasteiger partial charge in [0.15, 0.2) is 0 Å². The number of pyridine rings is 1. The topological polar surface area (TPSA) is 77.2 Å². The van der Waals surface area contributed by atoms with Gasteiger partial charge in [-0.05, 0) is 12.1 Å². The third kappa shape index (κ3) is 7.23. The first-order valence-electron chi connectivity index (χ1n) is 4.44. The zero-order valence-corrected chi connectivity index (χ0v) is 11.3. The van der Waals surface area contributed by atoms with Crippen LogP contribution in [-0.4, -0.2) is 30.6 Å². The molecule has 1 amide bonds. The van der Waals surface area contributed by atoms with Crippen LogP contribution in [0.4, 0.5) is 0 Å². The van der Waals surface area contributed by atoms with Gasteiger partial charge in [-0.25, -0.2) is 4.98 Å². The molecule has 1 aromatic rings. The number of amides is 1. The summed E-state index contributed by atoms with van der Waals surface area (Å²) in [7, 11) is 0. The molecule has 0 aliphatic carbocycles. The van der Waals surface area contributed by atoms with Crippen LogP contribution in [0.25, 0.3) is 0 Å². The van der Waals surface area contributed by atoms with E-state index in [0.717, 1.165) is 0 Å². The van der Waals surface area contributed by atoms with Gasteiger partial charge in [0, 0.05) is 6.20 Å². The second-order valence-corrected chi connectivity index (χ2v) is 3.10. The molecule has 0 saturated heterocycles. The number of hydrogen-bond donors (Lipinski definition) is 2. The molecule has 8 heteroatoms. The van der Waals surface area contributed by atoms with Crippen LogP contribution in [0.2, 0.25) is 5.02 Å². The minimum absolute atomic E-state index is 0. The highest BCUT2D eigenvalue weighted by Gasteiger charge is 2.01. The molecule has 0 saturated carbocycles. The molecule has 0 aliphatic rings. The first-order valence-corrected chi connectivity index (χ1v) is 4.82. The van der Waals surface area contributed by atoms with Gasteiger partial charge < -0.3 is 15.8 Å². The molecule has 0 atom stereocenters. The summed E-state index contributed by atoms with van der Waals surface area (Å²) < 4.78 is 5.23. The number of carbonyl (C=O) groups excluding carboxylic acids is 1. The van der Waals surface area contributed by atoms with Gasteiger partial charge in [0.25, 0.3) is 0 Å². The Kier molecular flexibility index (Phi) is 11.4. The van der Waals surface area contributed by atoms with E-state index in [-0.39, 0.29) is 37.3 Å². The van der Waals surface area contributed by atoms with Crippen LogP contribution in [0.1, 0.15) is 0 Å². The Morgan fingerprint density at radius 1 is 1.53 bits per heavy atom. The van der Waals surface area contributed by atoms with Crippen molar-refractivity contribution in [3.05, 3.63) is 23.4 Å². The van der Waals surface area contributed by atoms with Crippen molar-refractivity contribution in [2.75, 3.05) is 19.7 Å². The Morgan fingerprint density at radius 2 is 2.24 bits per heavy atom. The molecule has 0 bridgehead atoms. The summed E-state index contributed by atoms with van der Waals surface area (Å²) in [6.45, 7) is 0.662. The lowest BCUT2D eigenvalue weighted by atomic mass is 10.5. The highest BCUT2D eigenvalue weighted by atomic mass is 35.5. The fourth-order valence-corrected chi connectivity index (χ4v) is 1.06. The highest BCUT2D eigenvalue weighted by Crippen LogP contribution is 2.19. The third-order valence-electron chi connectivity index (χ3n) is 1.57. The Balaban J connectivity index is 0. The average molecular weight is 303 g/mol. The van der Waals surface area contributed by atoms with E-state index < -0.39 is 0 Å². The van der Waals surface area contributed by atoms with E-state index in [0.29, 0.717) is 24.1 Å². The van der Waals surface area contributed by atoms with E-state index in [1.54, 1.807) is 18.3 Å². The maximum absolute atomic E-state index is 10.8. The highest BCUT2D eigenvalue weighted by molar-refractivity contribution is 6.31. The monoisotopic (exact) mass is 301 g/mol. The van der Waals surface area contributed by atoms with Crippen LogP contribution in [0.15, 0.2) is 18.3 Å². The summed E-state index contributed by atoms with van der Waals surface area (Å²) in [6, 6.07) is 3.40. The van der Waals surface area contributed by atoms with Gasteiger partial charge in [-0.3, -0.25) is 4.79 Å². The predicted octanol–water partition coefficient (Wildman–Crippen LogP) is 1.03. The van der Waals surface area contributed by atoms with Gasteiger partial charge in [0.1, 0.15) is 11.6 Å². The Labute approximate surface area is 117 Å². The fraction of sp³-hybridized carbons (Fsp3) is 0.333. The lowest BCUT2D eigenvalue weighted by molar-refractivity contribution is -0.119. The second kappa shape index (κ2) is 10.4.